The molecule has 2 heterocycles. The van der Waals surface area contributed by atoms with Gasteiger partial charge in [0.15, 0.2) is 5.82 Å². The van der Waals surface area contributed by atoms with Crippen molar-refractivity contribution in [3.8, 4) is 0 Å². The molecule has 4 heteroatoms. The third-order valence-electron chi connectivity index (χ3n) is 3.90. The Balaban J connectivity index is 1.75. The second-order valence-corrected chi connectivity index (χ2v) is 5.25. The van der Waals surface area contributed by atoms with Gasteiger partial charge in [-0.1, -0.05) is 18.2 Å². The van der Waals surface area contributed by atoms with E-state index in [9.17, 15) is 0 Å². The molecule has 1 N–H and O–H groups in total. The van der Waals surface area contributed by atoms with Crippen LogP contribution >= 0.6 is 0 Å². The minimum absolute atomic E-state index is 0.339. The molecule has 1 aromatic heterocycles. The number of hydrogen-bond donors (Lipinski definition) is 1. The lowest BCUT2D eigenvalue weighted by Gasteiger charge is -2.08. The zero-order valence-electron chi connectivity index (χ0n) is 10.4. The predicted octanol–water partition coefficient (Wildman–Crippen LogP) is 2.25. The first kappa shape index (κ1) is 10.1. The maximum atomic E-state index is 4.76. The minimum Gasteiger partial charge on any atom is -0.384 e. The number of nitrogens with zero attached hydrogens (tertiary/aromatic N) is 3. The molecule has 1 aromatic carbocycles. The summed E-state index contributed by atoms with van der Waals surface area (Å²) in [6.45, 7) is 0.927. The molecule has 1 saturated carbocycles. The number of anilines is 1. The topological polar surface area (TPSA) is 42.7 Å². The molecule has 0 bridgehead atoms. The molecule has 1 unspecified atom stereocenters. The van der Waals surface area contributed by atoms with Crippen LogP contribution in [0.15, 0.2) is 24.3 Å². The molecule has 1 aliphatic heterocycles. The highest BCUT2D eigenvalue weighted by Gasteiger charge is 2.32. The van der Waals surface area contributed by atoms with Gasteiger partial charge >= 0.3 is 0 Å². The van der Waals surface area contributed by atoms with Crippen molar-refractivity contribution in [2.24, 2.45) is 7.05 Å². The molecule has 2 aliphatic rings. The molecule has 0 radical (unpaired) electrons. The Morgan fingerprint density at radius 3 is 2.94 bits per heavy atom. The number of rotatable bonds is 2. The third-order valence-corrected chi connectivity index (χ3v) is 3.90. The molecular formula is C14H16N4. The van der Waals surface area contributed by atoms with Crippen LogP contribution in [0.4, 0.5) is 5.69 Å². The summed E-state index contributed by atoms with van der Waals surface area (Å²) < 4.78 is 1.96. The van der Waals surface area contributed by atoms with Crippen molar-refractivity contribution in [2.75, 3.05) is 11.9 Å². The fourth-order valence-electron chi connectivity index (χ4n) is 2.75. The summed E-state index contributed by atoms with van der Waals surface area (Å²) in [5.74, 6) is 3.09. The number of aromatic nitrogens is 3. The van der Waals surface area contributed by atoms with E-state index in [2.05, 4.69) is 34.7 Å². The second-order valence-electron chi connectivity index (χ2n) is 5.25. The maximum Gasteiger partial charge on any atom is 0.154 e. The lowest BCUT2D eigenvalue weighted by molar-refractivity contribution is 0.666. The summed E-state index contributed by atoms with van der Waals surface area (Å²) in [5, 5.41) is 8.02. The summed E-state index contributed by atoms with van der Waals surface area (Å²) in [5.41, 5.74) is 2.58. The molecule has 92 valence electrons. The lowest BCUT2D eigenvalue weighted by Crippen LogP contribution is -2.10. The Morgan fingerprint density at radius 1 is 1.28 bits per heavy atom. The van der Waals surface area contributed by atoms with Crippen LogP contribution in [-0.2, 0) is 7.05 Å². The van der Waals surface area contributed by atoms with Crippen molar-refractivity contribution in [2.45, 2.75) is 24.7 Å². The summed E-state index contributed by atoms with van der Waals surface area (Å²) in [6.07, 6.45) is 2.51. The fraction of sp³-hybridized carbons (Fsp3) is 0.429. The van der Waals surface area contributed by atoms with E-state index in [-0.39, 0.29) is 0 Å². The van der Waals surface area contributed by atoms with Crippen molar-refractivity contribution in [3.63, 3.8) is 0 Å². The molecule has 4 rings (SSSR count). The monoisotopic (exact) mass is 240 g/mol. The number of fused-ring (bicyclic) bond motifs is 1. The van der Waals surface area contributed by atoms with Crippen LogP contribution in [0.3, 0.4) is 0 Å². The Bertz CT molecular complexity index is 598. The molecule has 0 spiro atoms. The fourth-order valence-corrected chi connectivity index (χ4v) is 2.75. The van der Waals surface area contributed by atoms with Crippen LogP contribution < -0.4 is 5.32 Å². The number of aryl methyl sites for hydroxylation is 1. The van der Waals surface area contributed by atoms with E-state index < -0.39 is 0 Å². The lowest BCUT2D eigenvalue weighted by atomic mass is 10.0. The van der Waals surface area contributed by atoms with Gasteiger partial charge in [-0.2, -0.15) is 5.10 Å². The van der Waals surface area contributed by atoms with Gasteiger partial charge in [-0.3, -0.25) is 4.68 Å². The zero-order chi connectivity index (χ0) is 12.1. The molecule has 1 aliphatic carbocycles. The van der Waals surface area contributed by atoms with Crippen LogP contribution in [0.1, 0.15) is 41.9 Å². The highest BCUT2D eigenvalue weighted by atomic mass is 15.3. The summed E-state index contributed by atoms with van der Waals surface area (Å²) in [6, 6.07) is 8.48. The average molecular weight is 240 g/mol. The predicted molar refractivity (Wildman–Crippen MR) is 69.8 cm³/mol. The van der Waals surface area contributed by atoms with Crippen molar-refractivity contribution < 1.29 is 0 Å². The van der Waals surface area contributed by atoms with Gasteiger partial charge in [0.05, 0.1) is 5.92 Å². The number of benzene rings is 1. The van der Waals surface area contributed by atoms with Gasteiger partial charge in [0.1, 0.15) is 5.82 Å². The van der Waals surface area contributed by atoms with Crippen LogP contribution in [0.25, 0.3) is 0 Å². The van der Waals surface area contributed by atoms with Gasteiger partial charge in [0.25, 0.3) is 0 Å². The smallest absolute Gasteiger partial charge is 0.154 e. The SMILES string of the molecule is Cn1nc(C2CC2)nc1C1CNc2ccccc21. The highest BCUT2D eigenvalue weighted by molar-refractivity contribution is 5.59. The molecule has 1 fully saturated rings. The number of hydrogen-bond acceptors (Lipinski definition) is 3. The van der Waals surface area contributed by atoms with Crippen LogP contribution in [0, 0.1) is 0 Å². The van der Waals surface area contributed by atoms with E-state index in [4.69, 9.17) is 4.98 Å². The highest BCUT2D eigenvalue weighted by Crippen LogP contribution is 2.40. The van der Waals surface area contributed by atoms with E-state index in [1.54, 1.807) is 0 Å². The van der Waals surface area contributed by atoms with Gasteiger partial charge in [-0.15, -0.1) is 0 Å². The van der Waals surface area contributed by atoms with Crippen molar-refractivity contribution in [1.82, 2.24) is 14.8 Å². The Morgan fingerprint density at radius 2 is 2.11 bits per heavy atom. The standard InChI is InChI=1S/C14H16N4/c1-18-14(16-13(17-18)9-6-7-9)11-8-15-12-5-3-2-4-10(11)12/h2-5,9,11,15H,6-8H2,1H3. The molecule has 2 aromatic rings. The van der Waals surface area contributed by atoms with Crippen LogP contribution in [0.5, 0.6) is 0 Å². The first-order valence-electron chi connectivity index (χ1n) is 6.56. The zero-order valence-corrected chi connectivity index (χ0v) is 10.4. The summed E-state index contributed by atoms with van der Waals surface area (Å²) >= 11 is 0. The molecule has 0 saturated heterocycles. The first-order valence-corrected chi connectivity index (χ1v) is 6.56. The Hall–Kier alpha value is -1.84. The number of para-hydroxylation sites is 1. The van der Waals surface area contributed by atoms with E-state index in [1.807, 2.05) is 11.7 Å². The van der Waals surface area contributed by atoms with Gasteiger partial charge in [-0.25, -0.2) is 4.98 Å². The molecule has 1 atom stereocenters. The maximum absolute atomic E-state index is 4.76. The Labute approximate surface area is 106 Å². The van der Waals surface area contributed by atoms with Crippen molar-refractivity contribution in [3.05, 3.63) is 41.5 Å². The molecule has 4 nitrogen and oxygen atoms in total. The van der Waals surface area contributed by atoms with E-state index in [0.717, 1.165) is 18.2 Å². The average Bonchev–Trinajstić information content (AvgIpc) is 3.04. The molecule has 18 heavy (non-hydrogen) atoms. The molecular weight excluding hydrogens is 224 g/mol. The molecule has 0 amide bonds. The minimum atomic E-state index is 0.339. The van der Waals surface area contributed by atoms with Gasteiger partial charge < -0.3 is 5.32 Å². The first-order chi connectivity index (χ1) is 8.83. The number of nitrogens with one attached hydrogen (secondary N) is 1. The second kappa shape index (κ2) is 3.57. The largest absolute Gasteiger partial charge is 0.384 e. The normalized spacial score (nSPS) is 21.7. The Kier molecular flexibility index (Phi) is 2.01. The van der Waals surface area contributed by atoms with Crippen LogP contribution in [-0.4, -0.2) is 21.3 Å². The summed E-state index contributed by atoms with van der Waals surface area (Å²) in [4.78, 5) is 4.76. The summed E-state index contributed by atoms with van der Waals surface area (Å²) in [7, 11) is 2.01. The van der Waals surface area contributed by atoms with E-state index in [0.29, 0.717) is 11.8 Å². The van der Waals surface area contributed by atoms with Gasteiger partial charge in [-0.05, 0) is 24.5 Å². The van der Waals surface area contributed by atoms with Crippen molar-refractivity contribution in [1.29, 1.82) is 0 Å². The van der Waals surface area contributed by atoms with E-state index in [1.165, 1.54) is 24.1 Å². The van der Waals surface area contributed by atoms with Gasteiger partial charge in [0.2, 0.25) is 0 Å². The quantitative estimate of drug-likeness (QED) is 0.875. The third kappa shape index (κ3) is 1.45. The van der Waals surface area contributed by atoms with E-state index >= 15 is 0 Å². The van der Waals surface area contributed by atoms with Crippen molar-refractivity contribution >= 4 is 5.69 Å². The van der Waals surface area contributed by atoms with Gasteiger partial charge in [0, 0.05) is 25.2 Å². The van der Waals surface area contributed by atoms with Crippen LogP contribution in [0.2, 0.25) is 0 Å².